The molecule has 0 radical (unpaired) electrons. The highest BCUT2D eigenvalue weighted by atomic mass is 79.9. The van der Waals surface area contributed by atoms with Gasteiger partial charge in [-0.2, -0.15) is 0 Å². The van der Waals surface area contributed by atoms with Crippen LogP contribution >= 0.6 is 27.7 Å². The summed E-state index contributed by atoms with van der Waals surface area (Å²) in [5, 5.41) is 2.58. The van der Waals surface area contributed by atoms with Crippen LogP contribution < -0.4 is 14.8 Å². The van der Waals surface area contributed by atoms with Crippen LogP contribution in [0.2, 0.25) is 0 Å². The Bertz CT molecular complexity index is 1410. The topological polar surface area (TPSA) is 84.9 Å². The van der Waals surface area contributed by atoms with Gasteiger partial charge < -0.3 is 14.8 Å². The lowest BCUT2D eigenvalue weighted by atomic mass is 10.1. The molecule has 1 fully saturated rings. The molecule has 1 saturated heterocycles. The molecule has 1 aliphatic rings. The van der Waals surface area contributed by atoms with Crippen molar-refractivity contribution in [3.8, 4) is 11.5 Å². The number of methoxy groups -OCH3 is 1. The van der Waals surface area contributed by atoms with Crippen LogP contribution in [0.4, 0.5) is 10.5 Å². The van der Waals surface area contributed by atoms with Crippen LogP contribution in [-0.2, 0) is 16.0 Å². The number of amides is 3. The van der Waals surface area contributed by atoms with Crippen LogP contribution in [0.15, 0.2) is 70.0 Å². The van der Waals surface area contributed by atoms with Gasteiger partial charge in [0.15, 0.2) is 18.1 Å². The minimum atomic E-state index is -0.314. The Kier molecular flexibility index (Phi) is 8.91. The number of imide groups is 1. The third kappa shape index (κ3) is 6.46. The Balaban J connectivity index is 1.39. The number of hydrogen-bond donors (Lipinski definition) is 1. The summed E-state index contributed by atoms with van der Waals surface area (Å²) in [7, 11) is 1.50. The third-order valence-corrected chi connectivity index (χ3v) is 7.95. The second-order valence-electron chi connectivity index (χ2n) is 8.66. The van der Waals surface area contributed by atoms with E-state index in [0.29, 0.717) is 34.9 Å². The summed E-state index contributed by atoms with van der Waals surface area (Å²) in [6.07, 6.45) is 2.26. The summed E-state index contributed by atoms with van der Waals surface area (Å²) in [5.41, 5.74) is 4.48. The van der Waals surface area contributed by atoms with Gasteiger partial charge in [-0.25, -0.2) is 0 Å². The van der Waals surface area contributed by atoms with Crippen LogP contribution in [0.3, 0.4) is 0 Å². The molecular weight excluding hydrogens is 568 g/mol. The Labute approximate surface area is 234 Å². The third-order valence-electron chi connectivity index (χ3n) is 6.18. The van der Waals surface area contributed by atoms with E-state index in [-0.39, 0.29) is 23.7 Å². The first-order valence-corrected chi connectivity index (χ1v) is 13.5. The molecule has 0 aliphatic carbocycles. The monoisotopic (exact) mass is 594 g/mol. The van der Waals surface area contributed by atoms with Gasteiger partial charge in [0.1, 0.15) is 0 Å². The average molecular weight is 596 g/mol. The lowest BCUT2D eigenvalue weighted by molar-refractivity contribution is -0.122. The van der Waals surface area contributed by atoms with E-state index < -0.39 is 0 Å². The molecule has 9 heteroatoms. The lowest BCUT2D eigenvalue weighted by Crippen LogP contribution is -2.30. The summed E-state index contributed by atoms with van der Waals surface area (Å²) in [5.74, 6) is 0.181. The van der Waals surface area contributed by atoms with Gasteiger partial charge in [0.05, 0.1) is 12.0 Å². The molecule has 196 valence electrons. The van der Waals surface area contributed by atoms with Crippen molar-refractivity contribution in [3.05, 3.63) is 92.3 Å². The number of ether oxygens (including phenoxy) is 2. The number of nitrogens with one attached hydrogen (secondary N) is 1. The van der Waals surface area contributed by atoms with Gasteiger partial charge in [0.25, 0.3) is 17.1 Å². The average Bonchev–Trinajstić information content (AvgIpc) is 3.18. The molecule has 1 N–H and O–H groups in total. The van der Waals surface area contributed by atoms with Crippen LogP contribution in [0.5, 0.6) is 11.5 Å². The number of carbonyl (C=O) groups excluding carboxylic acids is 3. The number of hydrogen-bond acceptors (Lipinski definition) is 6. The fourth-order valence-electron chi connectivity index (χ4n) is 3.88. The number of rotatable bonds is 9. The first-order chi connectivity index (χ1) is 18.3. The smallest absolute Gasteiger partial charge is 0.293 e. The second kappa shape index (κ2) is 12.3. The van der Waals surface area contributed by atoms with Gasteiger partial charge in [-0.3, -0.25) is 19.3 Å². The fourth-order valence-corrected chi connectivity index (χ4v) is 5.17. The molecule has 38 heavy (non-hydrogen) atoms. The number of halogens is 1. The zero-order valence-electron chi connectivity index (χ0n) is 21.2. The lowest BCUT2D eigenvalue weighted by Gasteiger charge is -2.14. The second-order valence-corrected chi connectivity index (χ2v) is 10.5. The van der Waals surface area contributed by atoms with Crippen LogP contribution in [0, 0.1) is 13.8 Å². The highest BCUT2D eigenvalue weighted by Crippen LogP contribution is 2.35. The van der Waals surface area contributed by atoms with E-state index >= 15 is 0 Å². The Morgan fingerprint density at radius 3 is 2.53 bits per heavy atom. The molecule has 0 unspecified atom stereocenters. The van der Waals surface area contributed by atoms with Crippen molar-refractivity contribution in [2.75, 3.05) is 25.6 Å². The van der Waals surface area contributed by atoms with Crippen molar-refractivity contribution < 1.29 is 23.9 Å². The minimum absolute atomic E-state index is 0.204. The highest BCUT2D eigenvalue weighted by molar-refractivity contribution is 9.10. The van der Waals surface area contributed by atoms with Crippen LogP contribution in [0.25, 0.3) is 6.08 Å². The van der Waals surface area contributed by atoms with Gasteiger partial charge in [-0.1, -0.05) is 52.3 Å². The molecule has 3 aromatic rings. The predicted molar refractivity (Wildman–Crippen MR) is 154 cm³/mol. The summed E-state index contributed by atoms with van der Waals surface area (Å²) >= 11 is 4.41. The maximum Gasteiger partial charge on any atom is 0.293 e. The van der Waals surface area contributed by atoms with Crippen molar-refractivity contribution in [1.82, 2.24) is 4.90 Å². The zero-order chi connectivity index (χ0) is 27.2. The molecule has 0 atom stereocenters. The van der Waals surface area contributed by atoms with E-state index in [1.807, 2.05) is 56.3 Å². The molecule has 0 bridgehead atoms. The minimum Gasteiger partial charge on any atom is -0.493 e. The van der Waals surface area contributed by atoms with E-state index in [4.69, 9.17) is 9.47 Å². The predicted octanol–water partition coefficient (Wildman–Crippen LogP) is 6.37. The normalized spacial score (nSPS) is 14.2. The van der Waals surface area contributed by atoms with Gasteiger partial charge in [0, 0.05) is 16.7 Å². The Morgan fingerprint density at radius 2 is 1.79 bits per heavy atom. The Hall–Kier alpha value is -3.56. The van der Waals surface area contributed by atoms with Crippen molar-refractivity contribution in [2.45, 2.75) is 20.3 Å². The number of nitrogens with zero attached hydrogens (tertiary/aromatic N) is 1. The number of carbonyl (C=O) groups is 3. The van der Waals surface area contributed by atoms with E-state index in [1.54, 1.807) is 24.3 Å². The summed E-state index contributed by atoms with van der Waals surface area (Å²) in [6.45, 7) is 4.04. The zero-order valence-corrected chi connectivity index (χ0v) is 23.6. The quantitative estimate of drug-likeness (QED) is 0.290. The molecule has 7 nitrogen and oxygen atoms in total. The van der Waals surface area contributed by atoms with Crippen molar-refractivity contribution in [3.63, 3.8) is 0 Å². The fraction of sp³-hybridized carbons (Fsp3) is 0.207. The molecule has 3 aromatic carbocycles. The van der Waals surface area contributed by atoms with Crippen LogP contribution in [0.1, 0.15) is 22.3 Å². The number of thioether (sulfide) groups is 1. The molecule has 4 rings (SSSR count). The van der Waals surface area contributed by atoms with Gasteiger partial charge >= 0.3 is 0 Å². The van der Waals surface area contributed by atoms with E-state index in [2.05, 4.69) is 21.2 Å². The standard InChI is InChI=1S/C29H27BrN2O5S/c1-18-19(2)23(11-10-22(18)30)31-27(33)17-37-24-12-9-21(15-25(24)36-3)16-26-28(34)32(29(35)38-26)14-13-20-7-5-4-6-8-20/h4-12,15-16H,13-14,17H2,1-3H3,(H,31,33)/b26-16+. The molecule has 3 amide bonds. The largest absolute Gasteiger partial charge is 0.493 e. The SMILES string of the molecule is COc1cc(/C=C2/SC(=O)N(CCc3ccccc3)C2=O)ccc1OCC(=O)Nc1ccc(Br)c(C)c1C. The molecular formula is C29H27BrN2O5S. The van der Waals surface area contributed by atoms with Gasteiger partial charge in [0.2, 0.25) is 0 Å². The van der Waals surface area contributed by atoms with E-state index in [9.17, 15) is 14.4 Å². The van der Waals surface area contributed by atoms with Crippen LogP contribution in [-0.4, -0.2) is 42.2 Å². The summed E-state index contributed by atoms with van der Waals surface area (Å²) in [6, 6.07) is 18.6. The number of anilines is 1. The molecule has 0 aromatic heterocycles. The number of benzene rings is 3. The maximum atomic E-state index is 12.9. The Morgan fingerprint density at radius 1 is 1.03 bits per heavy atom. The molecule has 1 heterocycles. The first-order valence-electron chi connectivity index (χ1n) is 11.9. The molecule has 0 spiro atoms. The van der Waals surface area contributed by atoms with Crippen molar-refractivity contribution >= 4 is 56.5 Å². The van der Waals surface area contributed by atoms with Crippen molar-refractivity contribution in [2.24, 2.45) is 0 Å². The van der Waals surface area contributed by atoms with Crippen molar-refractivity contribution in [1.29, 1.82) is 0 Å². The van der Waals surface area contributed by atoms with E-state index in [0.717, 1.165) is 38.6 Å². The van der Waals surface area contributed by atoms with Gasteiger partial charge in [-0.15, -0.1) is 0 Å². The maximum absolute atomic E-state index is 12.9. The van der Waals surface area contributed by atoms with E-state index in [1.165, 1.54) is 12.0 Å². The summed E-state index contributed by atoms with van der Waals surface area (Å²) in [4.78, 5) is 39.4. The first kappa shape index (κ1) is 27.5. The summed E-state index contributed by atoms with van der Waals surface area (Å²) < 4.78 is 12.1. The van der Waals surface area contributed by atoms with Gasteiger partial charge in [-0.05, 0) is 84.6 Å². The molecule has 0 saturated carbocycles. The highest BCUT2D eigenvalue weighted by Gasteiger charge is 2.34. The molecule has 1 aliphatic heterocycles.